The average Bonchev–Trinajstić information content (AvgIpc) is 3.31. The Bertz CT molecular complexity index is 934. The number of primary amides is 1. The lowest BCUT2D eigenvalue weighted by Crippen LogP contribution is -2.32. The van der Waals surface area contributed by atoms with Crippen molar-refractivity contribution in [2.24, 2.45) is 11.7 Å². The van der Waals surface area contributed by atoms with Gasteiger partial charge in [-0.2, -0.15) is 0 Å². The average molecular weight is 419 g/mol. The Morgan fingerprint density at radius 2 is 2.14 bits per heavy atom. The third-order valence-electron chi connectivity index (χ3n) is 4.51. The van der Waals surface area contributed by atoms with E-state index in [2.05, 4.69) is 17.6 Å². The molecule has 2 aromatic heterocycles. The van der Waals surface area contributed by atoms with Crippen molar-refractivity contribution < 1.29 is 28.3 Å². The van der Waals surface area contributed by atoms with Crippen LogP contribution in [0.3, 0.4) is 0 Å². The van der Waals surface area contributed by atoms with E-state index in [0.717, 1.165) is 29.7 Å². The number of nitrogens with one attached hydrogen (secondary N) is 2. The largest absolute Gasteiger partial charge is 0.459 e. The summed E-state index contributed by atoms with van der Waals surface area (Å²) in [7, 11) is 0. The highest BCUT2D eigenvalue weighted by Crippen LogP contribution is 2.39. The quantitative estimate of drug-likeness (QED) is 0.581. The first kappa shape index (κ1) is 20.6. The number of anilines is 1. The summed E-state index contributed by atoms with van der Waals surface area (Å²) in [6.45, 7) is 1.17. The van der Waals surface area contributed by atoms with Gasteiger partial charge in [-0.15, -0.1) is 11.3 Å². The first-order valence-corrected chi connectivity index (χ1v) is 9.88. The predicted molar refractivity (Wildman–Crippen MR) is 105 cm³/mol. The summed E-state index contributed by atoms with van der Waals surface area (Å²) < 4.78 is 9.75. The van der Waals surface area contributed by atoms with E-state index in [-0.39, 0.29) is 5.76 Å². The number of rotatable bonds is 7. The third kappa shape index (κ3) is 5.02. The zero-order chi connectivity index (χ0) is 21.0. The molecule has 3 amide bonds. The number of furan rings is 1. The second-order valence-electron chi connectivity index (χ2n) is 6.79. The van der Waals surface area contributed by atoms with Crippen LogP contribution in [0, 0.1) is 5.92 Å². The molecule has 0 saturated heterocycles. The number of carbonyl (C=O) groups excluding carboxylic acids is 4. The summed E-state index contributed by atoms with van der Waals surface area (Å²) in [6, 6.07) is 2.99. The van der Waals surface area contributed by atoms with Crippen LogP contribution in [0.1, 0.15) is 44.7 Å². The summed E-state index contributed by atoms with van der Waals surface area (Å²) in [5.41, 5.74) is 6.74. The van der Waals surface area contributed by atoms with E-state index in [0.29, 0.717) is 16.5 Å². The minimum Gasteiger partial charge on any atom is -0.459 e. The summed E-state index contributed by atoms with van der Waals surface area (Å²) in [4.78, 5) is 48.5. The minimum absolute atomic E-state index is 0.0607. The zero-order valence-corrected chi connectivity index (χ0v) is 16.6. The normalized spacial score (nSPS) is 15.3. The minimum atomic E-state index is -0.783. The van der Waals surface area contributed by atoms with Gasteiger partial charge in [0, 0.05) is 4.88 Å². The zero-order valence-electron chi connectivity index (χ0n) is 15.8. The van der Waals surface area contributed by atoms with Crippen LogP contribution >= 0.6 is 11.3 Å². The molecule has 0 radical (unpaired) electrons. The molecule has 1 unspecified atom stereocenters. The van der Waals surface area contributed by atoms with Gasteiger partial charge in [-0.1, -0.05) is 6.92 Å². The van der Waals surface area contributed by atoms with Crippen molar-refractivity contribution in [3.05, 3.63) is 40.2 Å². The summed E-state index contributed by atoms with van der Waals surface area (Å²) in [6.07, 6.45) is 3.87. The van der Waals surface area contributed by atoms with E-state index in [1.165, 1.54) is 23.7 Å². The van der Waals surface area contributed by atoms with Crippen LogP contribution in [0.25, 0.3) is 0 Å². The van der Waals surface area contributed by atoms with Crippen LogP contribution in [0.5, 0.6) is 0 Å². The van der Waals surface area contributed by atoms with Gasteiger partial charge in [0.1, 0.15) is 11.5 Å². The van der Waals surface area contributed by atoms with Crippen LogP contribution < -0.4 is 16.4 Å². The van der Waals surface area contributed by atoms with Crippen molar-refractivity contribution in [3.8, 4) is 0 Å². The maximum Gasteiger partial charge on any atom is 0.325 e. The Morgan fingerprint density at radius 1 is 1.34 bits per heavy atom. The fraction of sp³-hybridized carbons (Fsp3) is 0.368. The van der Waals surface area contributed by atoms with Crippen molar-refractivity contribution in [2.75, 3.05) is 18.5 Å². The molecule has 29 heavy (non-hydrogen) atoms. The van der Waals surface area contributed by atoms with E-state index in [1.807, 2.05) is 0 Å². The molecule has 0 fully saturated rings. The van der Waals surface area contributed by atoms with Crippen molar-refractivity contribution in [3.63, 3.8) is 0 Å². The topological polar surface area (TPSA) is 141 Å². The van der Waals surface area contributed by atoms with Crippen LogP contribution in [0.4, 0.5) is 5.00 Å². The molecule has 0 saturated carbocycles. The summed E-state index contributed by atoms with van der Waals surface area (Å²) in [5.74, 6) is -1.97. The maximum absolute atomic E-state index is 12.2. The predicted octanol–water partition coefficient (Wildman–Crippen LogP) is 1.48. The van der Waals surface area contributed by atoms with Gasteiger partial charge < -0.3 is 25.5 Å². The molecule has 9 nitrogen and oxygen atoms in total. The van der Waals surface area contributed by atoms with Gasteiger partial charge in [0.15, 0.2) is 12.4 Å². The highest BCUT2D eigenvalue weighted by molar-refractivity contribution is 7.17. The van der Waals surface area contributed by atoms with Crippen LogP contribution in [0.15, 0.2) is 22.8 Å². The molecule has 3 rings (SSSR count). The Morgan fingerprint density at radius 3 is 2.83 bits per heavy atom. The second-order valence-corrected chi connectivity index (χ2v) is 7.89. The Hall–Kier alpha value is -3.14. The maximum atomic E-state index is 12.2. The number of esters is 1. The Kier molecular flexibility index (Phi) is 6.32. The van der Waals surface area contributed by atoms with Crippen molar-refractivity contribution in [1.29, 1.82) is 0 Å². The number of fused-ring (bicyclic) bond motifs is 1. The lowest BCUT2D eigenvalue weighted by Gasteiger charge is -2.18. The lowest BCUT2D eigenvalue weighted by atomic mass is 9.88. The number of hydrogen-bond acceptors (Lipinski definition) is 7. The molecule has 2 aromatic rings. The Labute approximate surface area is 170 Å². The summed E-state index contributed by atoms with van der Waals surface area (Å²) in [5, 5.41) is 5.31. The number of nitrogens with two attached hydrogens (primary N) is 1. The van der Waals surface area contributed by atoms with Crippen LogP contribution in [-0.4, -0.2) is 36.8 Å². The lowest BCUT2D eigenvalue weighted by molar-refractivity contribution is -0.146. The van der Waals surface area contributed by atoms with Crippen LogP contribution in [-0.2, 0) is 27.2 Å². The first-order chi connectivity index (χ1) is 13.8. The molecule has 0 spiro atoms. The smallest absolute Gasteiger partial charge is 0.325 e. The molecule has 0 aromatic carbocycles. The molecule has 0 aliphatic heterocycles. The van der Waals surface area contributed by atoms with Gasteiger partial charge in [0.25, 0.3) is 17.7 Å². The van der Waals surface area contributed by atoms with Crippen molar-refractivity contribution in [1.82, 2.24) is 5.32 Å². The molecule has 4 N–H and O–H groups in total. The molecule has 2 heterocycles. The van der Waals surface area contributed by atoms with Gasteiger partial charge >= 0.3 is 5.97 Å². The fourth-order valence-electron chi connectivity index (χ4n) is 3.11. The summed E-state index contributed by atoms with van der Waals surface area (Å²) >= 11 is 1.33. The standard InChI is InChI=1S/C19H21N3O6S/c1-10-4-5-11-13(7-10)29-19(16(11)17(20)25)22-14(23)9-28-15(24)8-21-18(26)12-3-2-6-27-12/h2-3,6,10H,4-5,7-9H2,1H3,(H2,20,25)(H,21,26)(H,22,23). The van der Waals surface area contributed by atoms with Gasteiger partial charge in [-0.3, -0.25) is 19.2 Å². The van der Waals surface area contributed by atoms with E-state index in [9.17, 15) is 19.2 Å². The molecule has 1 aliphatic carbocycles. The number of amides is 3. The highest BCUT2D eigenvalue weighted by Gasteiger charge is 2.27. The van der Waals surface area contributed by atoms with Gasteiger partial charge in [0.05, 0.1) is 11.8 Å². The molecular weight excluding hydrogens is 398 g/mol. The molecule has 1 aliphatic rings. The third-order valence-corrected chi connectivity index (χ3v) is 5.68. The number of thiophene rings is 1. The molecule has 154 valence electrons. The fourth-order valence-corrected chi connectivity index (χ4v) is 4.54. The monoisotopic (exact) mass is 419 g/mol. The van der Waals surface area contributed by atoms with E-state index in [4.69, 9.17) is 14.9 Å². The number of ether oxygens (including phenoxy) is 1. The van der Waals surface area contributed by atoms with E-state index < -0.39 is 36.8 Å². The molecule has 10 heteroatoms. The SMILES string of the molecule is CC1CCc2c(sc(NC(=O)COC(=O)CNC(=O)c3ccco3)c2C(N)=O)C1. The van der Waals surface area contributed by atoms with Gasteiger partial charge in [-0.25, -0.2) is 0 Å². The van der Waals surface area contributed by atoms with Crippen molar-refractivity contribution >= 4 is 40.0 Å². The highest BCUT2D eigenvalue weighted by atomic mass is 32.1. The molecular formula is C19H21N3O6S. The Balaban J connectivity index is 1.52. The van der Waals surface area contributed by atoms with E-state index in [1.54, 1.807) is 6.07 Å². The second kappa shape index (κ2) is 8.91. The van der Waals surface area contributed by atoms with Gasteiger partial charge in [-0.05, 0) is 42.9 Å². The van der Waals surface area contributed by atoms with E-state index >= 15 is 0 Å². The number of hydrogen-bond donors (Lipinski definition) is 3. The van der Waals surface area contributed by atoms with Gasteiger partial charge in [0.2, 0.25) is 0 Å². The van der Waals surface area contributed by atoms with Crippen LogP contribution in [0.2, 0.25) is 0 Å². The number of carbonyl (C=O) groups is 4. The first-order valence-electron chi connectivity index (χ1n) is 9.06. The van der Waals surface area contributed by atoms with Crippen molar-refractivity contribution in [2.45, 2.75) is 26.2 Å². The molecule has 1 atom stereocenters. The molecule has 0 bridgehead atoms.